The standard InChI is InChI=1S/C7H9N3O4/c1-3(7(12)13)8-6(11)5-9-4(2)14-10-5/h3H,1-2H3,(H,8,11)(H,12,13). The van der Waals surface area contributed by atoms with Crippen molar-refractivity contribution in [2.24, 2.45) is 0 Å². The van der Waals surface area contributed by atoms with Crippen molar-refractivity contribution >= 4 is 11.9 Å². The molecule has 0 spiro atoms. The van der Waals surface area contributed by atoms with Crippen LogP contribution in [0.4, 0.5) is 0 Å². The highest BCUT2D eigenvalue weighted by molar-refractivity contribution is 5.93. The number of amides is 1. The van der Waals surface area contributed by atoms with Gasteiger partial charge in [-0.1, -0.05) is 5.16 Å². The number of carboxylic acid groups (broad SMARTS) is 1. The second kappa shape index (κ2) is 3.86. The normalized spacial score (nSPS) is 12.1. The summed E-state index contributed by atoms with van der Waals surface area (Å²) in [5, 5.41) is 14.0. The molecular weight excluding hydrogens is 190 g/mol. The van der Waals surface area contributed by atoms with Gasteiger partial charge in [0.1, 0.15) is 6.04 Å². The molecule has 1 aromatic rings. The van der Waals surface area contributed by atoms with E-state index in [1.807, 2.05) is 0 Å². The maximum absolute atomic E-state index is 11.2. The molecule has 0 saturated heterocycles. The maximum Gasteiger partial charge on any atom is 0.325 e. The molecule has 14 heavy (non-hydrogen) atoms. The van der Waals surface area contributed by atoms with Crippen LogP contribution in [0.15, 0.2) is 4.52 Å². The van der Waals surface area contributed by atoms with Crippen molar-refractivity contribution in [2.75, 3.05) is 0 Å². The van der Waals surface area contributed by atoms with Crippen LogP contribution in [0.3, 0.4) is 0 Å². The molecule has 7 nitrogen and oxygen atoms in total. The zero-order valence-corrected chi connectivity index (χ0v) is 7.64. The zero-order chi connectivity index (χ0) is 10.7. The van der Waals surface area contributed by atoms with Crippen LogP contribution in [-0.4, -0.2) is 33.2 Å². The van der Waals surface area contributed by atoms with Gasteiger partial charge in [0.05, 0.1) is 0 Å². The van der Waals surface area contributed by atoms with Gasteiger partial charge in [-0.25, -0.2) is 0 Å². The summed E-state index contributed by atoms with van der Waals surface area (Å²) >= 11 is 0. The smallest absolute Gasteiger partial charge is 0.325 e. The number of aromatic nitrogens is 2. The average molecular weight is 199 g/mol. The minimum Gasteiger partial charge on any atom is -0.480 e. The number of hydrogen-bond acceptors (Lipinski definition) is 5. The topological polar surface area (TPSA) is 105 Å². The second-order valence-electron chi connectivity index (χ2n) is 2.67. The van der Waals surface area contributed by atoms with E-state index in [-0.39, 0.29) is 11.7 Å². The molecule has 1 rings (SSSR count). The van der Waals surface area contributed by atoms with Gasteiger partial charge >= 0.3 is 5.97 Å². The molecule has 1 heterocycles. The van der Waals surface area contributed by atoms with Crippen molar-refractivity contribution in [3.8, 4) is 0 Å². The highest BCUT2D eigenvalue weighted by Crippen LogP contribution is 1.95. The van der Waals surface area contributed by atoms with Crippen LogP contribution >= 0.6 is 0 Å². The molecule has 1 unspecified atom stereocenters. The molecule has 1 aromatic heterocycles. The van der Waals surface area contributed by atoms with E-state index in [1.165, 1.54) is 13.8 Å². The van der Waals surface area contributed by atoms with E-state index in [4.69, 9.17) is 5.11 Å². The van der Waals surface area contributed by atoms with Crippen molar-refractivity contribution in [1.82, 2.24) is 15.5 Å². The van der Waals surface area contributed by atoms with Gasteiger partial charge in [-0.15, -0.1) is 0 Å². The van der Waals surface area contributed by atoms with Gasteiger partial charge in [-0.3, -0.25) is 9.59 Å². The number of aryl methyl sites for hydroxylation is 1. The highest BCUT2D eigenvalue weighted by Gasteiger charge is 2.18. The fraction of sp³-hybridized carbons (Fsp3) is 0.429. The lowest BCUT2D eigenvalue weighted by atomic mass is 10.3. The Morgan fingerprint density at radius 1 is 1.57 bits per heavy atom. The van der Waals surface area contributed by atoms with Crippen LogP contribution in [0.2, 0.25) is 0 Å². The third-order valence-electron chi connectivity index (χ3n) is 1.45. The lowest BCUT2D eigenvalue weighted by molar-refractivity contribution is -0.138. The fourth-order valence-electron chi connectivity index (χ4n) is 0.714. The number of carbonyl (C=O) groups excluding carboxylic acids is 1. The number of nitrogens with zero attached hydrogens (tertiary/aromatic N) is 2. The summed E-state index contributed by atoms with van der Waals surface area (Å²) in [4.78, 5) is 25.2. The molecule has 0 saturated carbocycles. The summed E-state index contributed by atoms with van der Waals surface area (Å²) in [5.74, 6) is -1.72. The van der Waals surface area contributed by atoms with Gasteiger partial charge in [-0.2, -0.15) is 4.98 Å². The van der Waals surface area contributed by atoms with Crippen LogP contribution in [-0.2, 0) is 4.79 Å². The fourth-order valence-corrected chi connectivity index (χ4v) is 0.714. The van der Waals surface area contributed by atoms with Gasteiger partial charge in [0, 0.05) is 6.92 Å². The van der Waals surface area contributed by atoms with E-state index >= 15 is 0 Å². The molecular formula is C7H9N3O4. The van der Waals surface area contributed by atoms with Crippen LogP contribution in [0.1, 0.15) is 23.4 Å². The second-order valence-corrected chi connectivity index (χ2v) is 2.67. The first kappa shape index (κ1) is 10.2. The molecule has 1 atom stereocenters. The summed E-state index contributed by atoms with van der Waals surface area (Å²) in [5.41, 5.74) is 0. The van der Waals surface area contributed by atoms with E-state index in [2.05, 4.69) is 20.0 Å². The molecule has 0 bridgehead atoms. The molecule has 0 aromatic carbocycles. The summed E-state index contributed by atoms with van der Waals surface area (Å²) in [6.45, 7) is 2.87. The minimum absolute atomic E-state index is 0.171. The van der Waals surface area contributed by atoms with E-state index in [9.17, 15) is 9.59 Å². The van der Waals surface area contributed by atoms with Crippen LogP contribution in [0, 0.1) is 6.92 Å². The van der Waals surface area contributed by atoms with Crippen molar-refractivity contribution in [1.29, 1.82) is 0 Å². The summed E-state index contributed by atoms with van der Waals surface area (Å²) in [6.07, 6.45) is 0. The monoisotopic (exact) mass is 199 g/mol. The number of aliphatic carboxylic acids is 1. The number of rotatable bonds is 3. The molecule has 76 valence electrons. The van der Waals surface area contributed by atoms with Gasteiger partial charge in [0.15, 0.2) is 0 Å². The molecule has 0 aliphatic carbocycles. The van der Waals surface area contributed by atoms with E-state index in [1.54, 1.807) is 0 Å². The Morgan fingerprint density at radius 3 is 2.64 bits per heavy atom. The SMILES string of the molecule is Cc1nc(C(=O)NC(C)C(=O)O)no1. The van der Waals surface area contributed by atoms with Crippen LogP contribution < -0.4 is 5.32 Å². The van der Waals surface area contributed by atoms with Crippen molar-refractivity contribution < 1.29 is 19.2 Å². The molecule has 1 amide bonds. The number of carboxylic acids is 1. The summed E-state index contributed by atoms with van der Waals surface area (Å²) < 4.78 is 4.56. The Balaban J connectivity index is 2.63. The van der Waals surface area contributed by atoms with E-state index in [0.29, 0.717) is 0 Å². The largest absolute Gasteiger partial charge is 0.480 e. The number of nitrogens with one attached hydrogen (secondary N) is 1. The molecule has 0 aliphatic rings. The van der Waals surface area contributed by atoms with Gasteiger partial charge < -0.3 is 14.9 Å². The van der Waals surface area contributed by atoms with Gasteiger partial charge in [-0.05, 0) is 6.92 Å². The molecule has 7 heteroatoms. The highest BCUT2D eigenvalue weighted by atomic mass is 16.5. The maximum atomic E-state index is 11.2. The average Bonchev–Trinajstić information content (AvgIpc) is 2.51. The first-order valence-electron chi connectivity index (χ1n) is 3.84. The minimum atomic E-state index is -1.13. The van der Waals surface area contributed by atoms with Crippen molar-refractivity contribution in [3.05, 3.63) is 11.7 Å². The quantitative estimate of drug-likeness (QED) is 0.684. The Labute approximate surface area is 79.1 Å². The number of hydrogen-bond donors (Lipinski definition) is 2. The Hall–Kier alpha value is -1.92. The summed E-state index contributed by atoms with van der Waals surface area (Å²) in [7, 11) is 0. The lowest BCUT2D eigenvalue weighted by Gasteiger charge is -2.05. The van der Waals surface area contributed by atoms with Gasteiger partial charge in [0.25, 0.3) is 11.7 Å². The molecule has 0 fully saturated rings. The van der Waals surface area contributed by atoms with Crippen LogP contribution in [0.25, 0.3) is 0 Å². The van der Waals surface area contributed by atoms with E-state index < -0.39 is 17.9 Å². The summed E-state index contributed by atoms with van der Waals surface area (Å²) in [6, 6.07) is -0.985. The van der Waals surface area contributed by atoms with E-state index in [0.717, 1.165) is 0 Å². The molecule has 2 N–H and O–H groups in total. The Kier molecular flexibility index (Phi) is 2.80. The predicted molar refractivity (Wildman–Crippen MR) is 43.6 cm³/mol. The first-order chi connectivity index (χ1) is 6.50. The number of carbonyl (C=O) groups is 2. The third kappa shape index (κ3) is 2.28. The van der Waals surface area contributed by atoms with Crippen molar-refractivity contribution in [2.45, 2.75) is 19.9 Å². The Morgan fingerprint density at radius 2 is 2.21 bits per heavy atom. The molecule has 0 radical (unpaired) electrons. The third-order valence-corrected chi connectivity index (χ3v) is 1.45. The zero-order valence-electron chi connectivity index (χ0n) is 7.64. The predicted octanol–water partition coefficient (Wildman–Crippen LogP) is -0.419. The Bertz CT molecular complexity index is 360. The van der Waals surface area contributed by atoms with Crippen LogP contribution in [0.5, 0.6) is 0 Å². The lowest BCUT2D eigenvalue weighted by Crippen LogP contribution is -2.38. The van der Waals surface area contributed by atoms with Crippen molar-refractivity contribution in [3.63, 3.8) is 0 Å². The first-order valence-corrected chi connectivity index (χ1v) is 3.84. The van der Waals surface area contributed by atoms with Gasteiger partial charge in [0.2, 0.25) is 5.89 Å². The molecule has 0 aliphatic heterocycles.